The third-order valence-corrected chi connectivity index (χ3v) is 7.35. The Morgan fingerprint density at radius 1 is 0.971 bits per heavy atom. The van der Waals surface area contributed by atoms with E-state index in [1.165, 1.54) is 12.1 Å². The molecule has 1 atom stereocenters. The second-order valence-electron chi connectivity index (χ2n) is 8.23. The molecule has 1 aliphatic heterocycles. The van der Waals surface area contributed by atoms with E-state index >= 15 is 0 Å². The van der Waals surface area contributed by atoms with Crippen molar-refractivity contribution in [3.05, 3.63) is 75.6 Å². The third-order valence-electron chi connectivity index (χ3n) is 5.84. The highest BCUT2D eigenvalue weighted by Gasteiger charge is 2.34. The van der Waals surface area contributed by atoms with Crippen LogP contribution in [0.2, 0.25) is 0 Å². The predicted octanol–water partition coefficient (Wildman–Crippen LogP) is 3.43. The number of piperazine rings is 1. The fraction of sp³-hybridized carbons (Fsp3) is 0.375. The van der Waals surface area contributed by atoms with Gasteiger partial charge in [-0.3, -0.25) is 0 Å². The SMILES string of the molecule is O=c1cc(C(F)(F)F)c2cc(Cc3ccc(S(=O)N4CCN(CCCO)CC4)cc3)ccc2o1. The van der Waals surface area contributed by atoms with Crippen LogP contribution in [0.3, 0.4) is 0 Å². The Hall–Kier alpha value is -2.53. The van der Waals surface area contributed by atoms with Crippen molar-refractivity contribution in [2.75, 3.05) is 39.3 Å². The van der Waals surface area contributed by atoms with Gasteiger partial charge < -0.3 is 14.4 Å². The van der Waals surface area contributed by atoms with E-state index in [9.17, 15) is 22.2 Å². The number of benzene rings is 2. The lowest BCUT2D eigenvalue weighted by atomic mass is 10.0. The third kappa shape index (κ3) is 5.75. The molecule has 1 unspecified atom stereocenters. The van der Waals surface area contributed by atoms with Crippen LogP contribution in [-0.2, 0) is 23.6 Å². The minimum atomic E-state index is -4.66. The molecule has 1 N–H and O–H groups in total. The van der Waals surface area contributed by atoms with Gasteiger partial charge in [0.1, 0.15) is 16.6 Å². The second-order valence-corrected chi connectivity index (χ2v) is 9.71. The summed E-state index contributed by atoms with van der Waals surface area (Å²) < 4.78 is 59.9. The first kappa shape index (κ1) is 24.6. The van der Waals surface area contributed by atoms with Crippen molar-refractivity contribution in [2.24, 2.45) is 0 Å². The van der Waals surface area contributed by atoms with Crippen molar-refractivity contribution < 1.29 is 26.9 Å². The van der Waals surface area contributed by atoms with Gasteiger partial charge in [-0.2, -0.15) is 13.2 Å². The molecule has 182 valence electrons. The molecule has 34 heavy (non-hydrogen) atoms. The maximum absolute atomic E-state index is 13.4. The van der Waals surface area contributed by atoms with Crippen molar-refractivity contribution in [3.63, 3.8) is 0 Å². The predicted molar refractivity (Wildman–Crippen MR) is 123 cm³/mol. The van der Waals surface area contributed by atoms with E-state index in [-0.39, 0.29) is 17.6 Å². The molecule has 1 saturated heterocycles. The van der Waals surface area contributed by atoms with Crippen LogP contribution in [0.4, 0.5) is 13.2 Å². The topological polar surface area (TPSA) is 74.0 Å². The summed E-state index contributed by atoms with van der Waals surface area (Å²) in [6, 6.07) is 12.1. The van der Waals surface area contributed by atoms with Crippen molar-refractivity contribution in [1.82, 2.24) is 9.21 Å². The zero-order valence-electron chi connectivity index (χ0n) is 18.4. The number of aliphatic hydroxyl groups excluding tert-OH is 1. The van der Waals surface area contributed by atoms with Crippen LogP contribution in [-0.4, -0.2) is 57.9 Å². The molecule has 6 nitrogen and oxygen atoms in total. The minimum Gasteiger partial charge on any atom is -0.423 e. The molecular formula is C24H25F3N2O4S. The molecule has 1 fully saturated rings. The summed E-state index contributed by atoms with van der Waals surface area (Å²) in [6.45, 7) is 3.94. The Kier molecular flexibility index (Phi) is 7.51. The lowest BCUT2D eigenvalue weighted by Gasteiger charge is -2.33. The first-order chi connectivity index (χ1) is 16.2. The Labute approximate surface area is 197 Å². The number of hydrogen-bond acceptors (Lipinski definition) is 5. The van der Waals surface area contributed by atoms with E-state index in [2.05, 4.69) is 4.90 Å². The molecule has 0 bridgehead atoms. The molecule has 0 saturated carbocycles. The largest absolute Gasteiger partial charge is 0.423 e. The molecule has 1 aromatic heterocycles. The number of hydrogen-bond donors (Lipinski definition) is 1. The monoisotopic (exact) mass is 494 g/mol. The fourth-order valence-corrected chi connectivity index (χ4v) is 5.24. The average molecular weight is 495 g/mol. The molecule has 2 aromatic carbocycles. The van der Waals surface area contributed by atoms with Crippen LogP contribution in [0, 0.1) is 0 Å². The van der Waals surface area contributed by atoms with Gasteiger partial charge in [-0.05, 0) is 48.2 Å². The highest BCUT2D eigenvalue weighted by molar-refractivity contribution is 7.82. The smallest absolute Gasteiger partial charge is 0.417 e. The van der Waals surface area contributed by atoms with Gasteiger partial charge in [0.25, 0.3) is 0 Å². The summed E-state index contributed by atoms with van der Waals surface area (Å²) in [5, 5.41) is 8.80. The van der Waals surface area contributed by atoms with Crippen LogP contribution < -0.4 is 5.63 Å². The first-order valence-corrected chi connectivity index (χ1v) is 12.1. The molecule has 0 radical (unpaired) electrons. The molecule has 0 spiro atoms. The molecule has 10 heteroatoms. The van der Waals surface area contributed by atoms with Gasteiger partial charge in [0.2, 0.25) is 0 Å². The quantitative estimate of drug-likeness (QED) is 0.510. The minimum absolute atomic E-state index is 0.106. The number of fused-ring (bicyclic) bond motifs is 1. The van der Waals surface area contributed by atoms with Gasteiger partial charge in [-0.1, -0.05) is 18.2 Å². The summed E-state index contributed by atoms with van der Waals surface area (Å²) in [7, 11) is -1.29. The molecule has 0 aliphatic carbocycles. The molecule has 3 aromatic rings. The highest BCUT2D eigenvalue weighted by atomic mass is 32.2. The molecule has 1 aliphatic rings. The summed E-state index contributed by atoms with van der Waals surface area (Å²) in [6.07, 6.45) is -3.56. The Morgan fingerprint density at radius 3 is 2.29 bits per heavy atom. The molecule has 2 heterocycles. The van der Waals surface area contributed by atoms with Crippen LogP contribution >= 0.6 is 0 Å². The standard InChI is InChI=1S/C24H25F3N2O4S/c25-24(26,27)21-16-23(31)33-22-7-4-18(15-20(21)22)14-17-2-5-19(6-3-17)34(32)29-11-9-28(10-12-29)8-1-13-30/h2-7,15-16,30H,1,8-14H2. The number of nitrogens with zero attached hydrogens (tertiary/aromatic N) is 2. The number of alkyl halides is 3. The highest BCUT2D eigenvalue weighted by Crippen LogP contribution is 2.34. The van der Waals surface area contributed by atoms with Gasteiger partial charge >= 0.3 is 11.8 Å². The number of rotatable bonds is 7. The van der Waals surface area contributed by atoms with Crippen LogP contribution in [0.15, 0.2) is 62.6 Å². The van der Waals surface area contributed by atoms with E-state index in [4.69, 9.17) is 9.52 Å². The van der Waals surface area contributed by atoms with Crippen molar-refractivity contribution >= 4 is 22.0 Å². The van der Waals surface area contributed by atoms with E-state index in [0.717, 1.165) is 31.6 Å². The maximum atomic E-state index is 13.4. The van der Waals surface area contributed by atoms with E-state index in [1.54, 1.807) is 18.2 Å². The molecule has 0 amide bonds. The van der Waals surface area contributed by atoms with Gasteiger partial charge in [-0.25, -0.2) is 13.3 Å². The number of aliphatic hydroxyl groups is 1. The van der Waals surface area contributed by atoms with Crippen LogP contribution in [0.5, 0.6) is 0 Å². The van der Waals surface area contributed by atoms with Crippen LogP contribution in [0.25, 0.3) is 11.0 Å². The average Bonchev–Trinajstić information content (AvgIpc) is 2.82. The lowest BCUT2D eigenvalue weighted by Crippen LogP contribution is -2.47. The number of halogens is 3. The normalized spacial score (nSPS) is 16.7. The molecular weight excluding hydrogens is 469 g/mol. The Bertz CT molecular complexity index is 1220. The second kappa shape index (κ2) is 10.4. The lowest BCUT2D eigenvalue weighted by molar-refractivity contribution is -0.136. The Balaban J connectivity index is 1.45. The van der Waals surface area contributed by atoms with Gasteiger partial charge in [0, 0.05) is 50.8 Å². The van der Waals surface area contributed by atoms with Gasteiger partial charge in [0.15, 0.2) is 0 Å². The maximum Gasteiger partial charge on any atom is 0.417 e. The summed E-state index contributed by atoms with van der Waals surface area (Å²) in [4.78, 5) is 14.4. The summed E-state index contributed by atoms with van der Waals surface area (Å²) >= 11 is 0. The summed E-state index contributed by atoms with van der Waals surface area (Å²) in [5.41, 5.74) is -0.657. The zero-order valence-corrected chi connectivity index (χ0v) is 19.2. The van der Waals surface area contributed by atoms with Gasteiger partial charge in [-0.15, -0.1) is 0 Å². The van der Waals surface area contributed by atoms with Gasteiger partial charge in [0.05, 0.1) is 10.5 Å². The zero-order chi connectivity index (χ0) is 24.3. The van der Waals surface area contributed by atoms with Crippen LogP contribution in [0.1, 0.15) is 23.1 Å². The van der Waals surface area contributed by atoms with Crippen molar-refractivity contribution in [3.8, 4) is 0 Å². The molecule has 4 rings (SSSR count). The van der Waals surface area contributed by atoms with E-state index in [0.29, 0.717) is 36.0 Å². The summed E-state index contributed by atoms with van der Waals surface area (Å²) in [5.74, 6) is 0. The van der Waals surface area contributed by atoms with E-state index < -0.39 is 28.4 Å². The van der Waals surface area contributed by atoms with Crippen molar-refractivity contribution in [2.45, 2.75) is 23.9 Å². The first-order valence-electron chi connectivity index (χ1n) is 11.0. The van der Waals surface area contributed by atoms with E-state index in [1.807, 2.05) is 16.4 Å². The fourth-order valence-electron chi connectivity index (χ4n) is 4.08. The van der Waals surface area contributed by atoms with Crippen molar-refractivity contribution in [1.29, 1.82) is 0 Å². The Morgan fingerprint density at radius 2 is 1.65 bits per heavy atom.